The first-order chi connectivity index (χ1) is 14.8. The summed E-state index contributed by atoms with van der Waals surface area (Å²) in [5.74, 6) is 0.671. The molecule has 2 aliphatic heterocycles. The third kappa shape index (κ3) is 3.10. The van der Waals surface area contributed by atoms with E-state index in [4.69, 9.17) is 4.98 Å². The molecule has 8 bridgehead atoms. The van der Waals surface area contributed by atoms with Crippen molar-refractivity contribution in [3.8, 4) is 11.4 Å². The number of nitrogens with zero attached hydrogens (tertiary/aromatic N) is 4. The number of hydrogen-bond acceptors (Lipinski definition) is 4. The van der Waals surface area contributed by atoms with Gasteiger partial charge in [-0.3, -0.25) is 0 Å². The topological polar surface area (TPSA) is 83.1 Å². The Hall–Kier alpha value is -4.32. The maximum Gasteiger partial charge on any atom is 0.161 e. The average Bonchev–Trinajstić information content (AvgIpc) is 3.53. The number of nitrogens with one attached hydrogen (secondary N) is 2. The van der Waals surface area contributed by atoms with Gasteiger partial charge in [0.15, 0.2) is 5.82 Å². The maximum absolute atomic E-state index is 4.71. The fourth-order valence-corrected chi connectivity index (χ4v) is 3.64. The molecule has 0 amide bonds. The van der Waals surface area contributed by atoms with Crippen molar-refractivity contribution >= 4 is 46.4 Å². The van der Waals surface area contributed by atoms with Crippen molar-refractivity contribution in [3.63, 3.8) is 0 Å². The van der Waals surface area contributed by atoms with E-state index in [9.17, 15) is 0 Å². The van der Waals surface area contributed by atoms with Crippen LogP contribution in [-0.2, 0) is 0 Å². The molecule has 0 saturated carbocycles. The lowest BCUT2D eigenvalue weighted by atomic mass is 10.2. The van der Waals surface area contributed by atoms with Crippen LogP contribution >= 0.6 is 0 Å². The highest BCUT2D eigenvalue weighted by Gasteiger charge is 2.08. The first kappa shape index (κ1) is 16.6. The number of hydrogen-bond donors (Lipinski definition) is 2. The van der Waals surface area contributed by atoms with E-state index in [1.54, 1.807) is 12.4 Å². The summed E-state index contributed by atoms with van der Waals surface area (Å²) >= 11 is 0. The van der Waals surface area contributed by atoms with E-state index in [-0.39, 0.29) is 0 Å². The van der Waals surface area contributed by atoms with E-state index in [1.807, 2.05) is 60.7 Å². The van der Waals surface area contributed by atoms with Crippen LogP contribution in [-0.4, -0.2) is 29.9 Å². The van der Waals surface area contributed by atoms with Crippen molar-refractivity contribution in [1.82, 2.24) is 29.9 Å². The van der Waals surface area contributed by atoms with Crippen LogP contribution < -0.4 is 0 Å². The van der Waals surface area contributed by atoms with Crippen molar-refractivity contribution in [2.45, 2.75) is 0 Å². The molecule has 0 aliphatic carbocycles. The van der Waals surface area contributed by atoms with Gasteiger partial charge in [0, 0.05) is 34.5 Å². The molecule has 0 radical (unpaired) electrons. The monoisotopic (exact) mass is 388 g/mol. The summed E-state index contributed by atoms with van der Waals surface area (Å²) in [6.45, 7) is 0. The lowest BCUT2D eigenvalue weighted by Crippen LogP contribution is -1.85. The molecule has 6 rings (SSSR count). The summed E-state index contributed by atoms with van der Waals surface area (Å²) in [6, 6.07) is 16.1. The molecule has 0 fully saturated rings. The Morgan fingerprint density at radius 3 is 1.93 bits per heavy atom. The molecule has 30 heavy (non-hydrogen) atoms. The molecule has 4 aromatic heterocycles. The van der Waals surface area contributed by atoms with E-state index in [2.05, 4.69) is 37.1 Å². The van der Waals surface area contributed by atoms with Gasteiger partial charge in [0.2, 0.25) is 0 Å². The van der Waals surface area contributed by atoms with Crippen LogP contribution in [0.25, 0.3) is 57.8 Å². The number of H-pyrrole nitrogens is 2. The molecule has 0 unspecified atom stereocenters. The Labute approximate surface area is 171 Å². The summed E-state index contributed by atoms with van der Waals surface area (Å²) in [5.41, 5.74) is 8.32. The zero-order valence-corrected chi connectivity index (χ0v) is 15.9. The molecule has 142 valence electrons. The van der Waals surface area contributed by atoms with Crippen molar-refractivity contribution in [2.24, 2.45) is 0 Å². The van der Waals surface area contributed by atoms with Crippen LogP contribution in [0.1, 0.15) is 22.8 Å². The predicted octanol–water partition coefficient (Wildman–Crippen LogP) is 5.11. The first-order valence-corrected chi connectivity index (χ1v) is 9.64. The zero-order valence-electron chi connectivity index (χ0n) is 15.9. The molecule has 2 aliphatic rings. The van der Waals surface area contributed by atoms with Crippen molar-refractivity contribution in [2.75, 3.05) is 0 Å². The van der Waals surface area contributed by atoms with Crippen LogP contribution in [0, 0.1) is 0 Å². The Balaban J connectivity index is 1.69. The minimum atomic E-state index is 0.671. The van der Waals surface area contributed by atoms with E-state index < -0.39 is 0 Å². The minimum Gasteiger partial charge on any atom is -0.355 e. The van der Waals surface area contributed by atoms with Gasteiger partial charge in [0.05, 0.1) is 28.3 Å². The molecule has 6 heterocycles. The summed E-state index contributed by atoms with van der Waals surface area (Å²) in [7, 11) is 0. The molecular weight excluding hydrogens is 372 g/mol. The largest absolute Gasteiger partial charge is 0.355 e. The Morgan fingerprint density at radius 2 is 1.20 bits per heavy atom. The smallest absolute Gasteiger partial charge is 0.161 e. The molecule has 0 spiro atoms. The second-order valence-corrected chi connectivity index (χ2v) is 7.16. The molecular formula is C24H16N6. The molecule has 0 saturated heterocycles. The van der Waals surface area contributed by atoms with E-state index >= 15 is 0 Å². The standard InChI is InChI=1S/C24H16N6/c1-8-25-24(26-9-1)22-13-21-12-19-5-4-17(28-19)10-15-2-3-16(27-15)11-18-6-7-20(29-18)14-23(22)30-21/h1-14,28,30H. The zero-order chi connectivity index (χ0) is 19.9. The number of aromatic nitrogens is 6. The van der Waals surface area contributed by atoms with Crippen molar-refractivity contribution < 1.29 is 0 Å². The summed E-state index contributed by atoms with van der Waals surface area (Å²) in [5, 5.41) is 0. The quantitative estimate of drug-likeness (QED) is 0.410. The Kier molecular flexibility index (Phi) is 3.67. The van der Waals surface area contributed by atoms with Gasteiger partial charge in [-0.1, -0.05) is 0 Å². The highest BCUT2D eigenvalue weighted by molar-refractivity contribution is 5.85. The van der Waals surface area contributed by atoms with E-state index in [0.717, 1.165) is 50.4 Å². The van der Waals surface area contributed by atoms with Gasteiger partial charge in [-0.2, -0.15) is 0 Å². The minimum absolute atomic E-state index is 0.671. The number of fused-ring (bicyclic) bond motifs is 8. The summed E-state index contributed by atoms with van der Waals surface area (Å²) < 4.78 is 0. The Bertz CT molecular complexity index is 1490. The molecule has 4 aromatic rings. The fraction of sp³-hybridized carbons (Fsp3) is 0. The summed E-state index contributed by atoms with van der Waals surface area (Å²) in [6.07, 6.45) is 11.5. The molecule has 2 N–H and O–H groups in total. The van der Waals surface area contributed by atoms with Gasteiger partial charge in [-0.25, -0.2) is 19.9 Å². The van der Waals surface area contributed by atoms with Crippen LogP contribution in [0.4, 0.5) is 0 Å². The highest BCUT2D eigenvalue weighted by Crippen LogP contribution is 2.24. The molecule has 6 nitrogen and oxygen atoms in total. The molecule has 6 heteroatoms. The van der Waals surface area contributed by atoms with Crippen molar-refractivity contribution in [1.29, 1.82) is 0 Å². The average molecular weight is 388 g/mol. The second kappa shape index (κ2) is 6.63. The van der Waals surface area contributed by atoms with Gasteiger partial charge < -0.3 is 9.97 Å². The summed E-state index contributed by atoms with van der Waals surface area (Å²) in [4.78, 5) is 25.1. The van der Waals surface area contributed by atoms with Gasteiger partial charge >= 0.3 is 0 Å². The fourth-order valence-electron chi connectivity index (χ4n) is 3.64. The lowest BCUT2D eigenvalue weighted by Gasteiger charge is -1.95. The number of rotatable bonds is 1. The van der Waals surface area contributed by atoms with Crippen LogP contribution in [0.2, 0.25) is 0 Å². The highest BCUT2D eigenvalue weighted by atomic mass is 14.9. The number of aromatic amines is 2. The SMILES string of the molecule is C1=Cc2cc3ccc(cc4cc(-c5ncccn5)c(cc5nc(cc1n2)C=C5)[nH]4)[nH]3. The van der Waals surface area contributed by atoms with Crippen LogP contribution in [0.5, 0.6) is 0 Å². The Morgan fingerprint density at radius 1 is 0.567 bits per heavy atom. The third-order valence-electron chi connectivity index (χ3n) is 4.98. The van der Waals surface area contributed by atoms with Gasteiger partial charge in [0.25, 0.3) is 0 Å². The second-order valence-electron chi connectivity index (χ2n) is 7.16. The van der Waals surface area contributed by atoms with Gasteiger partial charge in [0.1, 0.15) is 0 Å². The predicted molar refractivity (Wildman–Crippen MR) is 120 cm³/mol. The van der Waals surface area contributed by atoms with E-state index in [0.29, 0.717) is 5.82 Å². The van der Waals surface area contributed by atoms with E-state index in [1.165, 1.54) is 0 Å². The maximum atomic E-state index is 4.71. The first-order valence-electron chi connectivity index (χ1n) is 9.64. The normalized spacial score (nSPS) is 12.4. The third-order valence-corrected chi connectivity index (χ3v) is 4.98. The van der Waals surface area contributed by atoms with Crippen LogP contribution in [0.3, 0.4) is 0 Å². The van der Waals surface area contributed by atoms with Crippen LogP contribution in [0.15, 0.2) is 60.9 Å². The van der Waals surface area contributed by atoms with Gasteiger partial charge in [-0.15, -0.1) is 0 Å². The lowest BCUT2D eigenvalue weighted by molar-refractivity contribution is 1.18. The van der Waals surface area contributed by atoms with Gasteiger partial charge in [-0.05, 0) is 72.8 Å². The molecule has 0 aromatic carbocycles. The van der Waals surface area contributed by atoms with Crippen molar-refractivity contribution in [3.05, 3.63) is 83.7 Å². The molecule has 0 atom stereocenters.